The Kier molecular flexibility index (Phi) is 10.2. The smallest absolute Gasteiger partial charge is 0.0600 e. The number of ether oxygens (including phenoxy) is 2. The van der Waals surface area contributed by atoms with E-state index < -0.39 is 0 Å². The molecule has 14 heavy (non-hydrogen) atoms. The fourth-order valence-electron chi connectivity index (χ4n) is 1.24. The van der Waals surface area contributed by atoms with E-state index in [1.165, 1.54) is 0 Å². The average molecular weight is 268 g/mol. The highest BCUT2D eigenvalue weighted by Gasteiger charge is 2.06. The Hall–Kier alpha value is 0.360. The molecule has 0 aliphatic carbocycles. The van der Waals surface area contributed by atoms with Gasteiger partial charge < -0.3 is 14.4 Å². The van der Waals surface area contributed by atoms with Crippen LogP contribution in [0.1, 0.15) is 13.3 Å². The van der Waals surface area contributed by atoms with Gasteiger partial charge in [0.15, 0.2) is 0 Å². The molecule has 1 unspecified atom stereocenters. The van der Waals surface area contributed by atoms with Crippen molar-refractivity contribution in [2.45, 2.75) is 18.2 Å². The maximum atomic E-state index is 5.27. The van der Waals surface area contributed by atoms with Crippen LogP contribution in [-0.4, -0.2) is 56.8 Å². The first kappa shape index (κ1) is 14.4. The van der Waals surface area contributed by atoms with Crippen LogP contribution in [0.5, 0.6) is 0 Å². The van der Waals surface area contributed by atoms with Gasteiger partial charge in [-0.1, -0.05) is 15.9 Å². The van der Waals surface area contributed by atoms with Crippen LogP contribution in [0.25, 0.3) is 0 Å². The van der Waals surface area contributed by atoms with Crippen molar-refractivity contribution < 1.29 is 9.47 Å². The largest absolute Gasteiger partial charge is 0.383 e. The summed E-state index contributed by atoms with van der Waals surface area (Å²) < 4.78 is 10.3. The lowest BCUT2D eigenvalue weighted by atomic mass is 10.3. The molecule has 0 heterocycles. The topological polar surface area (TPSA) is 21.7 Å². The van der Waals surface area contributed by atoms with E-state index in [4.69, 9.17) is 9.47 Å². The minimum atomic E-state index is 0.421. The molecule has 4 heteroatoms. The van der Waals surface area contributed by atoms with Crippen LogP contribution in [-0.2, 0) is 9.47 Å². The zero-order valence-electron chi connectivity index (χ0n) is 9.46. The lowest BCUT2D eigenvalue weighted by Gasteiger charge is -2.19. The number of rotatable bonds is 9. The lowest BCUT2D eigenvalue weighted by Crippen LogP contribution is -2.29. The van der Waals surface area contributed by atoms with Crippen LogP contribution in [0.15, 0.2) is 0 Å². The lowest BCUT2D eigenvalue weighted by molar-refractivity contribution is 0.133. The minimum absolute atomic E-state index is 0.421. The third kappa shape index (κ3) is 8.94. The van der Waals surface area contributed by atoms with E-state index in [1.807, 2.05) is 6.92 Å². The number of nitrogens with zero attached hydrogens (tertiary/aromatic N) is 1. The van der Waals surface area contributed by atoms with Crippen LogP contribution < -0.4 is 0 Å². The standard InChI is InChI=1S/C10H22BrNO2/c1-4-14-7-5-6-12(2)8-10(11)9-13-3/h10H,4-9H2,1-3H3. The van der Waals surface area contributed by atoms with Crippen molar-refractivity contribution >= 4 is 15.9 Å². The van der Waals surface area contributed by atoms with Gasteiger partial charge in [-0.3, -0.25) is 0 Å². The highest BCUT2D eigenvalue weighted by Crippen LogP contribution is 2.02. The van der Waals surface area contributed by atoms with E-state index >= 15 is 0 Å². The summed E-state index contributed by atoms with van der Waals surface area (Å²) in [7, 11) is 3.85. The van der Waals surface area contributed by atoms with E-state index in [0.717, 1.165) is 39.3 Å². The Morgan fingerprint density at radius 2 is 2.14 bits per heavy atom. The minimum Gasteiger partial charge on any atom is -0.383 e. The molecule has 1 atom stereocenters. The molecular weight excluding hydrogens is 246 g/mol. The molecule has 0 saturated heterocycles. The molecule has 0 aliphatic rings. The second kappa shape index (κ2) is 9.90. The summed E-state index contributed by atoms with van der Waals surface area (Å²) in [5.41, 5.74) is 0. The van der Waals surface area contributed by atoms with Gasteiger partial charge in [0.25, 0.3) is 0 Å². The van der Waals surface area contributed by atoms with Gasteiger partial charge in [0.05, 0.1) is 11.4 Å². The summed E-state index contributed by atoms with van der Waals surface area (Å²) in [6, 6.07) is 0. The van der Waals surface area contributed by atoms with Crippen molar-refractivity contribution in [3.8, 4) is 0 Å². The Labute approximate surface area is 95.9 Å². The molecule has 0 saturated carbocycles. The Morgan fingerprint density at radius 1 is 1.43 bits per heavy atom. The van der Waals surface area contributed by atoms with Crippen molar-refractivity contribution in [3.05, 3.63) is 0 Å². The molecule has 0 radical (unpaired) electrons. The second-order valence-electron chi connectivity index (χ2n) is 3.37. The predicted octanol–water partition coefficient (Wildman–Crippen LogP) is 1.75. The van der Waals surface area contributed by atoms with Gasteiger partial charge >= 0.3 is 0 Å². The van der Waals surface area contributed by atoms with Crippen LogP contribution in [0, 0.1) is 0 Å². The second-order valence-corrected chi connectivity index (χ2v) is 4.66. The van der Waals surface area contributed by atoms with E-state index in [-0.39, 0.29) is 0 Å². The molecule has 0 spiro atoms. The zero-order valence-corrected chi connectivity index (χ0v) is 11.0. The highest BCUT2D eigenvalue weighted by molar-refractivity contribution is 9.09. The van der Waals surface area contributed by atoms with Crippen LogP contribution in [0.2, 0.25) is 0 Å². The first-order valence-electron chi connectivity index (χ1n) is 5.10. The molecule has 0 aromatic rings. The van der Waals surface area contributed by atoms with E-state index in [2.05, 4.69) is 27.9 Å². The van der Waals surface area contributed by atoms with Gasteiger partial charge in [0.1, 0.15) is 0 Å². The molecule has 86 valence electrons. The van der Waals surface area contributed by atoms with Crippen LogP contribution in [0.4, 0.5) is 0 Å². The molecule has 0 rings (SSSR count). The van der Waals surface area contributed by atoms with Crippen LogP contribution in [0.3, 0.4) is 0 Å². The van der Waals surface area contributed by atoms with Crippen LogP contribution >= 0.6 is 15.9 Å². The monoisotopic (exact) mass is 267 g/mol. The van der Waals surface area contributed by atoms with E-state index in [1.54, 1.807) is 7.11 Å². The molecular formula is C10H22BrNO2. The molecule has 0 N–H and O–H groups in total. The Bertz CT molecular complexity index is 125. The first-order chi connectivity index (χ1) is 6.70. The SMILES string of the molecule is CCOCCCN(C)CC(Br)COC. The number of methoxy groups -OCH3 is 1. The summed E-state index contributed by atoms with van der Waals surface area (Å²) in [6.45, 7) is 6.55. The van der Waals surface area contributed by atoms with Crippen molar-refractivity contribution in [2.75, 3.05) is 47.1 Å². The number of halogens is 1. The van der Waals surface area contributed by atoms with Gasteiger partial charge in [0.2, 0.25) is 0 Å². The number of hydrogen-bond donors (Lipinski definition) is 0. The van der Waals surface area contributed by atoms with Crippen molar-refractivity contribution in [3.63, 3.8) is 0 Å². The van der Waals surface area contributed by atoms with E-state index in [9.17, 15) is 0 Å². The van der Waals surface area contributed by atoms with Gasteiger partial charge in [0, 0.05) is 33.4 Å². The third-order valence-electron chi connectivity index (χ3n) is 1.89. The van der Waals surface area contributed by atoms with Gasteiger partial charge in [-0.15, -0.1) is 0 Å². The molecule has 0 aliphatic heterocycles. The fourth-order valence-corrected chi connectivity index (χ4v) is 2.00. The summed E-state index contributed by atoms with van der Waals surface area (Å²) in [6.07, 6.45) is 1.09. The maximum absolute atomic E-state index is 5.27. The first-order valence-corrected chi connectivity index (χ1v) is 6.01. The Morgan fingerprint density at radius 3 is 2.71 bits per heavy atom. The Balaban J connectivity index is 3.30. The number of alkyl halides is 1. The van der Waals surface area contributed by atoms with Crippen molar-refractivity contribution in [1.82, 2.24) is 4.90 Å². The summed E-state index contributed by atoms with van der Waals surface area (Å²) in [5.74, 6) is 0. The summed E-state index contributed by atoms with van der Waals surface area (Å²) in [5, 5.41) is 0. The fraction of sp³-hybridized carbons (Fsp3) is 1.00. The molecule has 0 fully saturated rings. The van der Waals surface area contributed by atoms with Crippen molar-refractivity contribution in [1.29, 1.82) is 0 Å². The van der Waals surface area contributed by atoms with Gasteiger partial charge in [-0.25, -0.2) is 0 Å². The molecule has 0 amide bonds. The normalized spacial score (nSPS) is 13.5. The zero-order chi connectivity index (χ0) is 10.8. The molecule has 0 aromatic heterocycles. The molecule has 0 bridgehead atoms. The number of hydrogen-bond acceptors (Lipinski definition) is 3. The quantitative estimate of drug-likeness (QED) is 0.470. The summed E-state index contributed by atoms with van der Waals surface area (Å²) >= 11 is 3.56. The predicted molar refractivity (Wildman–Crippen MR) is 63.2 cm³/mol. The highest BCUT2D eigenvalue weighted by atomic mass is 79.9. The third-order valence-corrected chi connectivity index (χ3v) is 2.44. The molecule has 3 nitrogen and oxygen atoms in total. The van der Waals surface area contributed by atoms with Crippen molar-refractivity contribution in [2.24, 2.45) is 0 Å². The molecule has 0 aromatic carbocycles. The summed E-state index contributed by atoms with van der Waals surface area (Å²) in [4.78, 5) is 2.71. The van der Waals surface area contributed by atoms with E-state index in [0.29, 0.717) is 4.83 Å². The maximum Gasteiger partial charge on any atom is 0.0600 e. The van der Waals surface area contributed by atoms with Gasteiger partial charge in [-0.2, -0.15) is 0 Å². The average Bonchev–Trinajstić information content (AvgIpc) is 2.13. The van der Waals surface area contributed by atoms with Gasteiger partial charge in [-0.05, 0) is 20.4 Å².